The molecule has 0 fully saturated rings. The van der Waals surface area contributed by atoms with Gasteiger partial charge in [0.2, 0.25) is 11.8 Å². The van der Waals surface area contributed by atoms with Gasteiger partial charge in [-0.1, -0.05) is 79.2 Å². The molecular weight excluding hydrogens is 464 g/mol. The zero-order valence-electron chi connectivity index (χ0n) is 19.5. The predicted molar refractivity (Wildman–Crippen MR) is 141 cm³/mol. The minimum atomic E-state index is -0.598. The Morgan fingerprint density at radius 3 is 2.21 bits per heavy atom. The van der Waals surface area contributed by atoms with Crippen LogP contribution in [0.5, 0.6) is 0 Å². The Bertz CT molecular complexity index is 1030. The molecule has 0 saturated heterocycles. The van der Waals surface area contributed by atoms with Gasteiger partial charge in [0.05, 0.1) is 0 Å². The van der Waals surface area contributed by atoms with Crippen molar-refractivity contribution in [3.05, 3.63) is 101 Å². The van der Waals surface area contributed by atoms with Crippen LogP contribution < -0.4 is 5.32 Å². The third-order valence-electron chi connectivity index (χ3n) is 5.41. The summed E-state index contributed by atoms with van der Waals surface area (Å²) >= 11 is 7.71. The molecule has 0 aliphatic carbocycles. The highest BCUT2D eigenvalue weighted by Crippen LogP contribution is 2.21. The maximum atomic E-state index is 13.5. The Labute approximate surface area is 211 Å². The largest absolute Gasteiger partial charge is 0.354 e. The molecule has 1 unspecified atom stereocenters. The van der Waals surface area contributed by atoms with Crippen LogP contribution in [0.1, 0.15) is 30.9 Å². The zero-order chi connectivity index (χ0) is 24.2. The van der Waals surface area contributed by atoms with E-state index in [4.69, 9.17) is 11.6 Å². The summed E-state index contributed by atoms with van der Waals surface area (Å²) in [5.41, 5.74) is 1.96. The van der Waals surface area contributed by atoms with Gasteiger partial charge in [0, 0.05) is 41.6 Å². The minimum Gasteiger partial charge on any atom is -0.354 e. The number of nitrogens with one attached hydrogen (secondary N) is 1. The van der Waals surface area contributed by atoms with Gasteiger partial charge in [0.25, 0.3) is 0 Å². The quantitative estimate of drug-likeness (QED) is 0.315. The molecule has 6 heteroatoms. The first kappa shape index (κ1) is 25.9. The van der Waals surface area contributed by atoms with Gasteiger partial charge in [-0.2, -0.15) is 0 Å². The molecule has 3 aromatic carbocycles. The van der Waals surface area contributed by atoms with E-state index in [1.807, 2.05) is 91.9 Å². The molecule has 0 bridgehead atoms. The van der Waals surface area contributed by atoms with Crippen LogP contribution in [0, 0.1) is 0 Å². The van der Waals surface area contributed by atoms with Crippen LogP contribution >= 0.6 is 23.4 Å². The summed E-state index contributed by atoms with van der Waals surface area (Å²) in [6.07, 6.45) is 1.64. The fourth-order valence-corrected chi connectivity index (χ4v) is 4.61. The predicted octanol–water partition coefficient (Wildman–Crippen LogP) is 5.99. The van der Waals surface area contributed by atoms with E-state index in [0.717, 1.165) is 22.4 Å². The molecule has 1 atom stereocenters. The van der Waals surface area contributed by atoms with Crippen LogP contribution in [0.15, 0.2) is 89.8 Å². The van der Waals surface area contributed by atoms with E-state index >= 15 is 0 Å². The maximum absolute atomic E-state index is 13.5. The Morgan fingerprint density at radius 1 is 0.912 bits per heavy atom. The van der Waals surface area contributed by atoms with Gasteiger partial charge in [0.1, 0.15) is 6.04 Å². The van der Waals surface area contributed by atoms with Crippen molar-refractivity contribution in [2.24, 2.45) is 0 Å². The van der Waals surface area contributed by atoms with Crippen LogP contribution in [-0.4, -0.2) is 35.1 Å². The third kappa shape index (κ3) is 8.23. The highest BCUT2D eigenvalue weighted by atomic mass is 35.5. The number of amides is 2. The van der Waals surface area contributed by atoms with Crippen molar-refractivity contribution in [2.75, 3.05) is 12.3 Å². The summed E-state index contributed by atoms with van der Waals surface area (Å²) in [5, 5.41) is 3.65. The molecule has 0 heterocycles. The second-order valence-electron chi connectivity index (χ2n) is 8.06. The van der Waals surface area contributed by atoms with Crippen molar-refractivity contribution in [3.63, 3.8) is 0 Å². The van der Waals surface area contributed by atoms with E-state index < -0.39 is 6.04 Å². The monoisotopic (exact) mass is 494 g/mol. The number of halogens is 1. The number of hydrogen-bond donors (Lipinski definition) is 1. The second kappa shape index (κ2) is 13.8. The molecule has 0 aromatic heterocycles. The van der Waals surface area contributed by atoms with Gasteiger partial charge < -0.3 is 10.2 Å². The van der Waals surface area contributed by atoms with Crippen LogP contribution in [0.4, 0.5) is 0 Å². The van der Waals surface area contributed by atoms with E-state index in [9.17, 15) is 9.59 Å². The Hall–Kier alpha value is -2.76. The number of nitrogens with zero attached hydrogens (tertiary/aromatic N) is 1. The lowest BCUT2D eigenvalue weighted by atomic mass is 10.0. The highest BCUT2D eigenvalue weighted by molar-refractivity contribution is 7.99. The molecule has 0 aliphatic heterocycles. The molecule has 0 radical (unpaired) electrons. The van der Waals surface area contributed by atoms with Crippen molar-refractivity contribution in [1.29, 1.82) is 0 Å². The number of rotatable bonds is 12. The number of thioether (sulfide) groups is 1. The van der Waals surface area contributed by atoms with Gasteiger partial charge >= 0.3 is 0 Å². The fourth-order valence-electron chi connectivity index (χ4n) is 3.62. The average Bonchev–Trinajstić information content (AvgIpc) is 2.87. The van der Waals surface area contributed by atoms with E-state index in [1.54, 1.807) is 16.7 Å². The fraction of sp³-hybridized carbons (Fsp3) is 0.286. The third-order valence-corrected chi connectivity index (χ3v) is 6.68. The Kier molecular flexibility index (Phi) is 10.5. The molecule has 3 aromatic rings. The first-order valence-corrected chi connectivity index (χ1v) is 13.0. The lowest BCUT2D eigenvalue weighted by molar-refractivity contribution is -0.141. The van der Waals surface area contributed by atoms with E-state index in [0.29, 0.717) is 36.7 Å². The molecule has 34 heavy (non-hydrogen) atoms. The van der Waals surface area contributed by atoms with E-state index in [-0.39, 0.29) is 11.8 Å². The van der Waals surface area contributed by atoms with Crippen molar-refractivity contribution >= 4 is 35.2 Å². The first-order chi connectivity index (χ1) is 16.6. The highest BCUT2D eigenvalue weighted by Gasteiger charge is 2.30. The minimum absolute atomic E-state index is 0.0361. The molecule has 0 saturated carbocycles. The Morgan fingerprint density at radius 2 is 1.56 bits per heavy atom. The molecule has 0 aliphatic rings. The maximum Gasteiger partial charge on any atom is 0.243 e. The van der Waals surface area contributed by atoms with E-state index in [2.05, 4.69) is 5.32 Å². The van der Waals surface area contributed by atoms with E-state index in [1.165, 1.54) is 0 Å². The topological polar surface area (TPSA) is 49.4 Å². The van der Waals surface area contributed by atoms with Crippen LogP contribution in [0.3, 0.4) is 0 Å². The molecule has 0 spiro atoms. The van der Waals surface area contributed by atoms with Crippen molar-refractivity contribution in [1.82, 2.24) is 10.2 Å². The van der Waals surface area contributed by atoms with Gasteiger partial charge in [0.15, 0.2) is 0 Å². The standard InChI is InChI=1S/C28H31ClN2O2S/c1-2-18-30-28(33)26(20-22-9-5-3-6-10-22)31(21-23-13-15-24(29)16-14-23)27(32)17-19-34-25-11-7-4-8-12-25/h3-16,26H,2,17-21H2,1H3,(H,30,33). The van der Waals surface area contributed by atoms with Crippen molar-refractivity contribution in [3.8, 4) is 0 Å². The van der Waals surface area contributed by atoms with Gasteiger partial charge in [-0.15, -0.1) is 11.8 Å². The molecular formula is C28H31ClN2O2S. The molecule has 2 amide bonds. The molecule has 3 rings (SSSR count). The molecule has 178 valence electrons. The van der Waals surface area contributed by atoms with Gasteiger partial charge in [-0.3, -0.25) is 9.59 Å². The summed E-state index contributed by atoms with van der Waals surface area (Å²) < 4.78 is 0. The van der Waals surface area contributed by atoms with Gasteiger partial charge in [-0.25, -0.2) is 0 Å². The first-order valence-electron chi connectivity index (χ1n) is 11.6. The molecule has 4 nitrogen and oxygen atoms in total. The lowest BCUT2D eigenvalue weighted by Gasteiger charge is -2.31. The molecule has 1 N–H and O–H groups in total. The summed E-state index contributed by atoms with van der Waals surface area (Å²) in [4.78, 5) is 29.6. The second-order valence-corrected chi connectivity index (χ2v) is 9.66. The van der Waals surface area contributed by atoms with Crippen molar-refractivity contribution < 1.29 is 9.59 Å². The summed E-state index contributed by atoms with van der Waals surface area (Å²) in [6.45, 7) is 2.95. The van der Waals surface area contributed by atoms with Crippen LogP contribution in [0.2, 0.25) is 5.02 Å². The lowest BCUT2D eigenvalue weighted by Crippen LogP contribution is -2.50. The van der Waals surface area contributed by atoms with Crippen LogP contribution in [-0.2, 0) is 22.6 Å². The summed E-state index contributed by atoms with van der Waals surface area (Å²) in [6, 6.07) is 26.7. The SMILES string of the molecule is CCCNC(=O)C(Cc1ccccc1)N(Cc1ccc(Cl)cc1)C(=O)CCSc1ccccc1. The van der Waals surface area contributed by atoms with Gasteiger partial charge in [-0.05, 0) is 41.8 Å². The number of carbonyl (C=O) groups is 2. The smallest absolute Gasteiger partial charge is 0.243 e. The number of carbonyl (C=O) groups excluding carboxylic acids is 2. The number of hydrogen-bond acceptors (Lipinski definition) is 3. The average molecular weight is 495 g/mol. The van der Waals surface area contributed by atoms with Crippen molar-refractivity contribution in [2.45, 2.75) is 43.7 Å². The summed E-state index contributed by atoms with van der Waals surface area (Å²) in [7, 11) is 0. The number of benzene rings is 3. The normalized spacial score (nSPS) is 11.6. The Balaban J connectivity index is 1.82. The van der Waals surface area contributed by atoms with Crippen LogP contribution in [0.25, 0.3) is 0 Å². The summed E-state index contributed by atoms with van der Waals surface area (Å²) in [5.74, 6) is 0.490. The zero-order valence-corrected chi connectivity index (χ0v) is 21.0.